The fourth-order valence-corrected chi connectivity index (χ4v) is 3.93. The maximum absolute atomic E-state index is 12.2. The number of nitrogens with one attached hydrogen (secondary N) is 1. The predicted molar refractivity (Wildman–Crippen MR) is 119 cm³/mol. The fraction of sp³-hybridized carbons (Fsp3) is 0.273. The van der Waals surface area contributed by atoms with Crippen molar-refractivity contribution in [2.24, 2.45) is 5.73 Å². The van der Waals surface area contributed by atoms with Crippen LogP contribution in [0.25, 0.3) is 17.1 Å². The van der Waals surface area contributed by atoms with Crippen LogP contribution in [-0.2, 0) is 4.79 Å². The molecule has 0 aliphatic carbocycles. The van der Waals surface area contributed by atoms with Gasteiger partial charge in [0, 0.05) is 5.56 Å². The maximum Gasteiger partial charge on any atom is 0.318 e. The molecule has 1 heterocycles. The quantitative estimate of drug-likeness (QED) is 0.583. The monoisotopic (exact) mass is 423 g/mol. The third kappa shape index (κ3) is 4.71. The first-order valence-electron chi connectivity index (χ1n) is 9.66. The van der Waals surface area contributed by atoms with Gasteiger partial charge in [0.2, 0.25) is 5.91 Å². The molecule has 3 amide bonds. The highest BCUT2D eigenvalue weighted by Crippen LogP contribution is 2.33. The summed E-state index contributed by atoms with van der Waals surface area (Å²) in [7, 11) is 0. The summed E-state index contributed by atoms with van der Waals surface area (Å²) < 4.78 is 1.97. The molecule has 1 aromatic heterocycles. The van der Waals surface area contributed by atoms with Crippen molar-refractivity contribution < 1.29 is 9.59 Å². The summed E-state index contributed by atoms with van der Waals surface area (Å²) >= 11 is 1.22. The minimum absolute atomic E-state index is 0.280. The highest BCUT2D eigenvalue weighted by molar-refractivity contribution is 8.00. The Hall–Kier alpha value is -3.13. The zero-order valence-electron chi connectivity index (χ0n) is 17.4. The summed E-state index contributed by atoms with van der Waals surface area (Å²) in [5, 5.41) is 10.9. The molecule has 0 bridgehead atoms. The fourth-order valence-electron chi connectivity index (χ4n) is 3.07. The van der Waals surface area contributed by atoms with E-state index >= 15 is 0 Å². The second-order valence-corrected chi connectivity index (χ2v) is 8.64. The van der Waals surface area contributed by atoms with E-state index in [0.717, 1.165) is 22.4 Å². The lowest BCUT2D eigenvalue weighted by molar-refractivity contribution is -0.119. The third-order valence-electron chi connectivity index (χ3n) is 4.64. The molecule has 3 N–H and O–H groups in total. The van der Waals surface area contributed by atoms with E-state index in [2.05, 4.69) is 35.4 Å². The summed E-state index contributed by atoms with van der Waals surface area (Å²) in [5.41, 5.74) is 9.25. The van der Waals surface area contributed by atoms with Gasteiger partial charge in [0.05, 0.1) is 10.9 Å². The molecule has 0 spiro atoms. The number of hydrogen-bond donors (Lipinski definition) is 2. The maximum atomic E-state index is 12.2. The summed E-state index contributed by atoms with van der Waals surface area (Å²) in [6, 6.07) is 15.3. The minimum Gasteiger partial charge on any atom is -0.351 e. The first-order valence-corrected chi connectivity index (χ1v) is 10.5. The minimum atomic E-state index is -0.876. The van der Waals surface area contributed by atoms with E-state index in [4.69, 9.17) is 5.73 Å². The molecule has 3 aromatic rings. The van der Waals surface area contributed by atoms with Crippen LogP contribution in [0.3, 0.4) is 0 Å². The molecule has 0 saturated heterocycles. The molecule has 8 heteroatoms. The molecular weight excluding hydrogens is 398 g/mol. The van der Waals surface area contributed by atoms with E-state index < -0.39 is 17.2 Å². The highest BCUT2D eigenvalue weighted by Gasteiger charge is 2.24. The van der Waals surface area contributed by atoms with Crippen LogP contribution in [0.4, 0.5) is 4.79 Å². The van der Waals surface area contributed by atoms with Crippen molar-refractivity contribution in [1.29, 1.82) is 0 Å². The Balaban J connectivity index is 2.11. The Labute approximate surface area is 180 Å². The van der Waals surface area contributed by atoms with Gasteiger partial charge >= 0.3 is 6.03 Å². The molecule has 0 aliphatic heterocycles. The number of primary amides is 1. The Bertz CT molecular complexity index is 1060. The number of rotatable bonds is 6. The van der Waals surface area contributed by atoms with Gasteiger partial charge in [0.25, 0.3) is 0 Å². The molecule has 1 atom stereocenters. The van der Waals surface area contributed by atoms with E-state index in [9.17, 15) is 9.59 Å². The van der Waals surface area contributed by atoms with Crippen molar-refractivity contribution in [3.05, 3.63) is 59.7 Å². The average Bonchev–Trinajstić information content (AvgIpc) is 3.11. The van der Waals surface area contributed by atoms with Crippen molar-refractivity contribution >= 4 is 23.7 Å². The molecule has 2 aromatic carbocycles. The number of para-hydroxylation sites is 1. The van der Waals surface area contributed by atoms with Crippen LogP contribution in [0.5, 0.6) is 0 Å². The second kappa shape index (κ2) is 9.13. The lowest BCUT2D eigenvalue weighted by Crippen LogP contribution is -2.39. The smallest absolute Gasteiger partial charge is 0.318 e. The van der Waals surface area contributed by atoms with E-state index in [1.54, 1.807) is 6.92 Å². The number of thioether (sulfide) groups is 1. The molecule has 0 aliphatic rings. The molecule has 156 valence electrons. The topological polar surface area (TPSA) is 103 Å². The van der Waals surface area contributed by atoms with Crippen molar-refractivity contribution in [3.63, 3.8) is 0 Å². The number of urea groups is 1. The molecule has 0 fully saturated rings. The number of carbonyl (C=O) groups excluding carboxylic acids is 2. The molecule has 0 radical (unpaired) electrons. The number of benzene rings is 2. The largest absolute Gasteiger partial charge is 0.351 e. The van der Waals surface area contributed by atoms with Gasteiger partial charge in [0.1, 0.15) is 0 Å². The normalized spacial score (nSPS) is 12.0. The Morgan fingerprint density at radius 2 is 1.70 bits per heavy atom. The van der Waals surface area contributed by atoms with Crippen molar-refractivity contribution in [1.82, 2.24) is 20.1 Å². The number of carbonyl (C=O) groups is 2. The standard InChI is InChI=1S/C22H25N5O2S/c1-13(2)17-7-5-6-8-18(17)27-19(16-11-9-14(3)10-12-16)25-26-22(27)30-15(4)20(28)24-21(23)29/h5-13,15H,1-4H3,(H3,23,24,28,29)/t15-/m1/s1. The van der Waals surface area contributed by atoms with Gasteiger partial charge in [-0.25, -0.2) is 4.79 Å². The van der Waals surface area contributed by atoms with Crippen LogP contribution in [-0.4, -0.2) is 32.0 Å². The molecular formula is C22H25N5O2S. The number of aromatic nitrogens is 3. The van der Waals surface area contributed by atoms with Crippen LogP contribution < -0.4 is 11.1 Å². The van der Waals surface area contributed by atoms with Crippen molar-refractivity contribution in [2.75, 3.05) is 0 Å². The molecule has 0 unspecified atom stereocenters. The van der Waals surface area contributed by atoms with Crippen molar-refractivity contribution in [2.45, 2.75) is 44.0 Å². The third-order valence-corrected chi connectivity index (χ3v) is 5.68. The zero-order valence-corrected chi connectivity index (χ0v) is 18.2. The molecule has 7 nitrogen and oxygen atoms in total. The SMILES string of the molecule is Cc1ccc(-c2nnc(S[C@H](C)C(=O)NC(N)=O)n2-c2ccccc2C(C)C)cc1. The predicted octanol–water partition coefficient (Wildman–Crippen LogP) is 4.04. The first-order chi connectivity index (χ1) is 14.3. The van der Waals surface area contributed by atoms with Gasteiger partial charge in [-0.2, -0.15) is 0 Å². The van der Waals surface area contributed by atoms with Crippen LogP contribution in [0.15, 0.2) is 53.7 Å². The second-order valence-electron chi connectivity index (χ2n) is 7.33. The number of hydrogen-bond acceptors (Lipinski definition) is 5. The van der Waals surface area contributed by atoms with Gasteiger partial charge in [-0.15, -0.1) is 10.2 Å². The van der Waals surface area contributed by atoms with E-state index in [0.29, 0.717) is 11.0 Å². The van der Waals surface area contributed by atoms with Crippen LogP contribution in [0, 0.1) is 6.92 Å². The van der Waals surface area contributed by atoms with Crippen LogP contribution in [0.1, 0.15) is 37.8 Å². The van der Waals surface area contributed by atoms with Gasteiger partial charge in [-0.05, 0) is 31.4 Å². The highest BCUT2D eigenvalue weighted by atomic mass is 32.2. The Morgan fingerprint density at radius 3 is 2.33 bits per heavy atom. The van der Waals surface area contributed by atoms with E-state index in [-0.39, 0.29) is 5.92 Å². The summed E-state index contributed by atoms with van der Waals surface area (Å²) in [6.07, 6.45) is 0. The van der Waals surface area contributed by atoms with E-state index in [1.165, 1.54) is 11.8 Å². The lowest BCUT2D eigenvalue weighted by Gasteiger charge is -2.18. The number of nitrogens with zero attached hydrogens (tertiary/aromatic N) is 3. The number of aryl methyl sites for hydroxylation is 1. The average molecular weight is 424 g/mol. The number of nitrogens with two attached hydrogens (primary N) is 1. The number of amides is 3. The Kier molecular flexibility index (Phi) is 6.56. The van der Waals surface area contributed by atoms with E-state index in [1.807, 2.05) is 54.0 Å². The Morgan fingerprint density at radius 1 is 1.03 bits per heavy atom. The molecule has 3 rings (SSSR count). The van der Waals surface area contributed by atoms with Gasteiger partial charge < -0.3 is 5.73 Å². The summed E-state index contributed by atoms with van der Waals surface area (Å²) in [5.74, 6) is 0.493. The lowest BCUT2D eigenvalue weighted by atomic mass is 10.0. The molecule has 0 saturated carbocycles. The summed E-state index contributed by atoms with van der Waals surface area (Å²) in [6.45, 7) is 7.99. The van der Waals surface area contributed by atoms with Crippen molar-refractivity contribution in [3.8, 4) is 17.1 Å². The summed E-state index contributed by atoms with van der Waals surface area (Å²) in [4.78, 5) is 23.2. The molecule has 30 heavy (non-hydrogen) atoms. The van der Waals surface area contributed by atoms with Gasteiger partial charge in [-0.1, -0.05) is 73.6 Å². The zero-order chi connectivity index (χ0) is 21.8. The first kappa shape index (κ1) is 21.6. The van der Waals surface area contributed by atoms with Gasteiger partial charge in [-0.3, -0.25) is 14.7 Å². The van der Waals surface area contributed by atoms with Crippen LogP contribution in [0.2, 0.25) is 0 Å². The van der Waals surface area contributed by atoms with Gasteiger partial charge in [0.15, 0.2) is 11.0 Å². The van der Waals surface area contributed by atoms with Crippen LogP contribution >= 0.6 is 11.8 Å². The number of imide groups is 1.